The quantitative estimate of drug-likeness (QED) is 0.858. The fraction of sp³-hybridized carbons (Fsp3) is 0.571. The van der Waals surface area contributed by atoms with Gasteiger partial charge in [-0.25, -0.2) is 0 Å². The Hall–Kier alpha value is -1.22. The van der Waals surface area contributed by atoms with E-state index >= 15 is 0 Å². The second kappa shape index (κ2) is 4.57. The number of benzene rings is 1. The van der Waals surface area contributed by atoms with Gasteiger partial charge in [0.05, 0.1) is 6.61 Å². The second-order valence-corrected chi connectivity index (χ2v) is 5.13. The highest BCUT2D eigenvalue weighted by Gasteiger charge is 2.18. The van der Waals surface area contributed by atoms with Crippen LogP contribution >= 0.6 is 0 Å². The Bertz CT molecular complexity index is 399. The third-order valence-electron chi connectivity index (χ3n) is 3.81. The number of anilines is 1. The Labute approximate surface area is 103 Å². The lowest BCUT2D eigenvalue weighted by atomic mass is 10.1. The Balaban J connectivity index is 1.70. The Morgan fingerprint density at radius 1 is 1.47 bits per heavy atom. The molecule has 3 nitrogen and oxygen atoms in total. The predicted molar refractivity (Wildman–Crippen MR) is 69.9 cm³/mol. The molecule has 1 atom stereocenters. The zero-order valence-electron chi connectivity index (χ0n) is 10.4. The SMILES string of the molecule is CN(CC1CCNC1)c1ccc2c(c1)CCO2. The van der Waals surface area contributed by atoms with Gasteiger partial charge in [-0.3, -0.25) is 0 Å². The maximum absolute atomic E-state index is 5.54. The third-order valence-corrected chi connectivity index (χ3v) is 3.81. The number of hydrogen-bond acceptors (Lipinski definition) is 3. The van der Waals surface area contributed by atoms with Crippen LogP contribution in [0.1, 0.15) is 12.0 Å². The Morgan fingerprint density at radius 3 is 3.24 bits per heavy atom. The van der Waals surface area contributed by atoms with Crippen LogP contribution in [0.4, 0.5) is 5.69 Å². The normalized spacial score (nSPS) is 22.3. The smallest absolute Gasteiger partial charge is 0.122 e. The number of fused-ring (bicyclic) bond motifs is 1. The third kappa shape index (κ3) is 2.25. The zero-order valence-corrected chi connectivity index (χ0v) is 10.4. The first-order chi connectivity index (χ1) is 8.33. The van der Waals surface area contributed by atoms with Gasteiger partial charge in [0.1, 0.15) is 5.75 Å². The average Bonchev–Trinajstić information content (AvgIpc) is 2.97. The van der Waals surface area contributed by atoms with Crippen molar-refractivity contribution in [3.63, 3.8) is 0 Å². The van der Waals surface area contributed by atoms with Crippen molar-refractivity contribution in [2.75, 3.05) is 38.2 Å². The van der Waals surface area contributed by atoms with Crippen molar-refractivity contribution in [3.05, 3.63) is 23.8 Å². The number of rotatable bonds is 3. The molecule has 0 aromatic heterocycles. The molecule has 3 heteroatoms. The number of hydrogen-bond donors (Lipinski definition) is 1. The van der Waals surface area contributed by atoms with Crippen LogP contribution in [0, 0.1) is 5.92 Å². The van der Waals surface area contributed by atoms with Gasteiger partial charge in [-0.2, -0.15) is 0 Å². The van der Waals surface area contributed by atoms with Crippen LogP contribution < -0.4 is 15.0 Å². The van der Waals surface area contributed by atoms with Crippen LogP contribution in [0.3, 0.4) is 0 Å². The number of nitrogens with zero attached hydrogens (tertiary/aromatic N) is 1. The van der Waals surface area contributed by atoms with Crippen LogP contribution in [-0.2, 0) is 6.42 Å². The average molecular weight is 232 g/mol. The summed E-state index contributed by atoms with van der Waals surface area (Å²) in [6, 6.07) is 6.57. The maximum Gasteiger partial charge on any atom is 0.122 e. The lowest BCUT2D eigenvalue weighted by Crippen LogP contribution is -2.26. The molecule has 0 aliphatic carbocycles. The van der Waals surface area contributed by atoms with Gasteiger partial charge in [0.15, 0.2) is 0 Å². The highest BCUT2D eigenvalue weighted by Crippen LogP contribution is 2.29. The molecule has 0 radical (unpaired) electrons. The summed E-state index contributed by atoms with van der Waals surface area (Å²) >= 11 is 0. The summed E-state index contributed by atoms with van der Waals surface area (Å²) < 4.78 is 5.54. The molecule has 1 unspecified atom stereocenters. The Kier molecular flexibility index (Phi) is 2.93. The van der Waals surface area contributed by atoms with E-state index < -0.39 is 0 Å². The molecular weight excluding hydrogens is 212 g/mol. The molecular formula is C14H20N2O. The van der Waals surface area contributed by atoms with Crippen molar-refractivity contribution in [2.45, 2.75) is 12.8 Å². The van der Waals surface area contributed by atoms with Gasteiger partial charge < -0.3 is 15.0 Å². The van der Waals surface area contributed by atoms with E-state index in [1.807, 2.05) is 0 Å². The summed E-state index contributed by atoms with van der Waals surface area (Å²) in [5, 5.41) is 3.42. The van der Waals surface area contributed by atoms with Crippen LogP contribution in [0.5, 0.6) is 5.75 Å². The van der Waals surface area contributed by atoms with Gasteiger partial charge in [-0.1, -0.05) is 0 Å². The predicted octanol–water partition coefficient (Wildman–Crippen LogP) is 1.67. The fourth-order valence-electron chi connectivity index (χ4n) is 2.77. The van der Waals surface area contributed by atoms with Crippen LogP contribution in [0.25, 0.3) is 0 Å². The highest BCUT2D eigenvalue weighted by molar-refractivity contribution is 5.53. The molecule has 1 fully saturated rings. The minimum Gasteiger partial charge on any atom is -0.493 e. The molecule has 92 valence electrons. The van der Waals surface area contributed by atoms with Gasteiger partial charge >= 0.3 is 0 Å². The molecule has 0 spiro atoms. The molecule has 0 bridgehead atoms. The summed E-state index contributed by atoms with van der Waals surface area (Å²) in [5.41, 5.74) is 2.68. The first-order valence-electron chi connectivity index (χ1n) is 6.50. The van der Waals surface area contributed by atoms with E-state index in [0.29, 0.717) is 0 Å². The second-order valence-electron chi connectivity index (χ2n) is 5.13. The van der Waals surface area contributed by atoms with E-state index in [0.717, 1.165) is 31.2 Å². The molecule has 1 N–H and O–H groups in total. The first-order valence-corrected chi connectivity index (χ1v) is 6.50. The first kappa shape index (κ1) is 10.9. The van der Waals surface area contributed by atoms with Gasteiger partial charge in [0, 0.05) is 25.7 Å². The van der Waals surface area contributed by atoms with Crippen molar-refractivity contribution < 1.29 is 4.74 Å². The van der Waals surface area contributed by atoms with E-state index in [-0.39, 0.29) is 0 Å². The van der Waals surface area contributed by atoms with Crippen molar-refractivity contribution in [3.8, 4) is 5.75 Å². The summed E-state index contributed by atoms with van der Waals surface area (Å²) in [6.07, 6.45) is 2.36. The van der Waals surface area contributed by atoms with E-state index in [1.54, 1.807) is 0 Å². The molecule has 1 aromatic carbocycles. The van der Waals surface area contributed by atoms with Crippen molar-refractivity contribution >= 4 is 5.69 Å². The molecule has 3 rings (SSSR count). The van der Waals surface area contributed by atoms with E-state index in [1.165, 1.54) is 30.8 Å². The monoisotopic (exact) mass is 232 g/mol. The Morgan fingerprint density at radius 2 is 2.41 bits per heavy atom. The zero-order chi connectivity index (χ0) is 11.7. The molecule has 2 heterocycles. The van der Waals surface area contributed by atoms with E-state index in [4.69, 9.17) is 4.74 Å². The molecule has 1 saturated heterocycles. The molecule has 0 amide bonds. The lowest BCUT2D eigenvalue weighted by molar-refractivity contribution is 0.357. The molecule has 1 aromatic rings. The summed E-state index contributed by atoms with van der Waals surface area (Å²) in [7, 11) is 2.19. The standard InChI is InChI=1S/C14H20N2O/c1-16(10-11-4-6-15-9-11)13-2-3-14-12(8-13)5-7-17-14/h2-3,8,11,15H,4-7,9-10H2,1H3. The number of nitrogens with one attached hydrogen (secondary N) is 1. The van der Waals surface area contributed by atoms with Crippen molar-refractivity contribution in [2.24, 2.45) is 5.92 Å². The highest BCUT2D eigenvalue weighted by atomic mass is 16.5. The van der Waals surface area contributed by atoms with Gasteiger partial charge in [0.25, 0.3) is 0 Å². The largest absolute Gasteiger partial charge is 0.493 e. The lowest BCUT2D eigenvalue weighted by Gasteiger charge is -2.23. The van der Waals surface area contributed by atoms with Crippen molar-refractivity contribution in [1.82, 2.24) is 5.32 Å². The van der Waals surface area contributed by atoms with Crippen LogP contribution in [0.15, 0.2) is 18.2 Å². The molecule has 0 saturated carbocycles. The summed E-state index contributed by atoms with van der Waals surface area (Å²) in [5.74, 6) is 1.87. The topological polar surface area (TPSA) is 24.5 Å². The minimum atomic E-state index is 0.796. The van der Waals surface area contributed by atoms with Gasteiger partial charge in [-0.15, -0.1) is 0 Å². The molecule has 2 aliphatic heterocycles. The maximum atomic E-state index is 5.54. The molecule has 17 heavy (non-hydrogen) atoms. The van der Waals surface area contributed by atoms with E-state index in [2.05, 4.69) is 35.5 Å². The van der Waals surface area contributed by atoms with Crippen LogP contribution in [0.2, 0.25) is 0 Å². The summed E-state index contributed by atoms with van der Waals surface area (Å²) in [4.78, 5) is 2.37. The van der Waals surface area contributed by atoms with Gasteiger partial charge in [0.2, 0.25) is 0 Å². The fourth-order valence-corrected chi connectivity index (χ4v) is 2.77. The minimum absolute atomic E-state index is 0.796. The van der Waals surface area contributed by atoms with E-state index in [9.17, 15) is 0 Å². The molecule has 2 aliphatic rings. The number of ether oxygens (including phenoxy) is 1. The summed E-state index contributed by atoms with van der Waals surface area (Å²) in [6.45, 7) is 4.33. The van der Waals surface area contributed by atoms with Gasteiger partial charge in [-0.05, 0) is 49.2 Å². The van der Waals surface area contributed by atoms with Crippen LogP contribution in [-0.4, -0.2) is 33.3 Å². The van der Waals surface area contributed by atoms with Crippen molar-refractivity contribution in [1.29, 1.82) is 0 Å².